The molecule has 1 saturated heterocycles. The molecule has 0 spiro atoms. The summed E-state index contributed by atoms with van der Waals surface area (Å²) in [5.41, 5.74) is 0. The number of hydrogen-bond donors (Lipinski definition) is 0. The van der Waals surface area contributed by atoms with Crippen LogP contribution in [0.4, 0.5) is 0 Å². The van der Waals surface area contributed by atoms with Crippen molar-refractivity contribution in [3.8, 4) is 0 Å². The predicted molar refractivity (Wildman–Crippen MR) is 47.6 cm³/mol. The Balaban J connectivity index is 0.000001000. The van der Waals surface area contributed by atoms with Gasteiger partial charge >= 0.3 is 0 Å². The Labute approximate surface area is 95.0 Å². The molecule has 1 heterocycles. The van der Waals surface area contributed by atoms with E-state index in [0.717, 1.165) is 26.2 Å². The fourth-order valence-corrected chi connectivity index (χ4v) is 1.45. The number of likely N-dealkylation sites (N-methyl/N-ethyl adjacent to an activating group) is 1. The van der Waals surface area contributed by atoms with Crippen molar-refractivity contribution >= 4 is 25.3 Å². The Morgan fingerprint density at radius 1 is 1.09 bits per heavy atom. The van der Waals surface area contributed by atoms with E-state index in [1.807, 2.05) is 0 Å². The molecule has 0 saturated carbocycles. The van der Waals surface area contributed by atoms with Gasteiger partial charge in [-0.05, 0) is 7.05 Å². The van der Waals surface area contributed by atoms with Crippen LogP contribution in [0.1, 0.15) is 0 Å². The third kappa shape index (κ3) is 4.22. The minimum atomic E-state index is -0.103. The molecule has 0 atom stereocenters. The smallest absolute Gasteiger partial charge is 0.0105 e. The van der Waals surface area contributed by atoms with Gasteiger partial charge in [-0.15, -0.1) is 0 Å². The summed E-state index contributed by atoms with van der Waals surface area (Å²) >= 11 is 9.92. The van der Waals surface area contributed by atoms with Gasteiger partial charge in [0.25, 0.3) is 0 Å². The summed E-state index contributed by atoms with van der Waals surface area (Å²) in [5, 5.41) is 0. The van der Waals surface area contributed by atoms with E-state index in [9.17, 15) is 0 Å². The van der Waals surface area contributed by atoms with Crippen LogP contribution in [-0.2, 0) is 47.6 Å². The van der Waals surface area contributed by atoms with Crippen molar-refractivity contribution in [1.82, 2.24) is 9.80 Å². The van der Waals surface area contributed by atoms with Crippen LogP contribution in [0.15, 0.2) is 0 Å². The van der Waals surface area contributed by atoms with Gasteiger partial charge in [-0.1, -0.05) is 0 Å². The van der Waals surface area contributed by atoms with E-state index in [2.05, 4.69) is 16.8 Å². The summed E-state index contributed by atoms with van der Waals surface area (Å²) in [6, 6.07) is 0. The van der Waals surface area contributed by atoms with Crippen molar-refractivity contribution in [1.29, 1.82) is 0 Å². The second-order valence-electron chi connectivity index (χ2n) is 2.65. The molecule has 1 fully saturated rings. The molecule has 1 rings (SSSR count). The monoisotopic (exact) mass is 373 g/mol. The molecule has 0 unspecified atom stereocenters. The van der Waals surface area contributed by atoms with Crippen molar-refractivity contribution in [2.24, 2.45) is 0 Å². The van der Waals surface area contributed by atoms with Crippen molar-refractivity contribution in [3.05, 3.63) is 0 Å². The Morgan fingerprint density at radius 2 is 1.55 bits per heavy atom. The molecule has 1 aliphatic heterocycles. The number of rotatable bonds is 1. The Morgan fingerprint density at radius 3 is 1.91 bits per heavy atom. The van der Waals surface area contributed by atoms with Crippen LogP contribution in [0.25, 0.3) is 0 Å². The zero-order chi connectivity index (χ0) is 7.56. The quantitative estimate of drug-likeness (QED) is 0.456. The first-order valence-corrected chi connectivity index (χ1v) is 4.38. The van der Waals surface area contributed by atoms with Gasteiger partial charge in [0, 0.05) is 48.6 Å². The zero-order valence-corrected chi connectivity index (χ0v) is 10.2. The van der Waals surface area contributed by atoms with Gasteiger partial charge in [-0.2, -0.15) is 0 Å². The molecule has 0 aliphatic carbocycles. The largest absolute Gasteiger partial charge is 0.800 e. The van der Waals surface area contributed by atoms with E-state index >= 15 is 0 Å². The van der Waals surface area contributed by atoms with Crippen molar-refractivity contribution in [2.45, 2.75) is 4.71 Å². The van der Waals surface area contributed by atoms with Crippen molar-refractivity contribution in [3.63, 3.8) is 0 Å². The molecule has 0 aromatic heterocycles. The van der Waals surface area contributed by atoms with Crippen molar-refractivity contribution in [2.75, 3.05) is 33.2 Å². The summed E-state index contributed by atoms with van der Waals surface area (Å²) in [7, 11) is 2.12. The third-order valence-corrected chi connectivity index (χ3v) is 2.43. The van der Waals surface area contributed by atoms with Crippen LogP contribution in [0.5, 0.6) is 0 Å². The van der Waals surface area contributed by atoms with Gasteiger partial charge in [0.05, 0.1) is 0 Å². The SMILES string of the molecule is CN1CCN(C([S-])[S-])CC1.[Au]. The van der Waals surface area contributed by atoms with Crippen molar-refractivity contribution < 1.29 is 22.4 Å². The van der Waals surface area contributed by atoms with Crippen LogP contribution in [-0.4, -0.2) is 47.7 Å². The second-order valence-corrected chi connectivity index (χ2v) is 3.84. The summed E-state index contributed by atoms with van der Waals surface area (Å²) in [4.78, 5) is 4.45. The fourth-order valence-electron chi connectivity index (χ4n) is 1.03. The van der Waals surface area contributed by atoms with Crippen LogP contribution in [0.2, 0.25) is 0 Å². The van der Waals surface area contributed by atoms with Gasteiger partial charge in [0.15, 0.2) is 0 Å². The molecule has 5 heteroatoms. The van der Waals surface area contributed by atoms with E-state index < -0.39 is 0 Å². The number of piperazine rings is 1. The maximum Gasteiger partial charge on any atom is 0.0105 e. The summed E-state index contributed by atoms with van der Waals surface area (Å²) < 4.78 is -0.103. The Kier molecular flexibility index (Phi) is 6.64. The molecule has 1 radical (unpaired) electrons. The number of nitrogens with zero attached hydrogens (tertiary/aromatic N) is 2. The van der Waals surface area contributed by atoms with Crippen LogP contribution in [0.3, 0.4) is 0 Å². The average Bonchev–Trinajstić information content (AvgIpc) is 1.88. The first-order valence-electron chi connectivity index (χ1n) is 3.44. The predicted octanol–water partition coefficient (Wildman–Crippen LogP) is -0.391. The first kappa shape index (κ1) is 12.4. The summed E-state index contributed by atoms with van der Waals surface area (Å²) in [6.45, 7) is 4.27. The van der Waals surface area contributed by atoms with Gasteiger partial charge in [-0.25, -0.2) is 4.71 Å². The third-order valence-electron chi connectivity index (χ3n) is 1.84. The maximum absolute atomic E-state index is 4.96. The van der Waals surface area contributed by atoms with Gasteiger partial charge in [-0.3, -0.25) is 0 Å². The average molecular weight is 373 g/mol. The van der Waals surface area contributed by atoms with E-state index in [1.54, 1.807) is 0 Å². The number of hydrogen-bond acceptors (Lipinski definition) is 4. The van der Waals surface area contributed by atoms with E-state index in [1.165, 1.54) is 0 Å². The standard InChI is InChI=1S/C6H14N2S2.Au/c1-7-2-4-8(5-3-7)6(9)10;/h6,9-10H,2-5H2,1H3;/p-2. The van der Waals surface area contributed by atoms with Gasteiger partial charge in [0.1, 0.15) is 0 Å². The topological polar surface area (TPSA) is 6.48 Å². The molecule has 71 valence electrons. The first-order chi connectivity index (χ1) is 4.70. The van der Waals surface area contributed by atoms with Gasteiger partial charge < -0.3 is 35.1 Å². The zero-order valence-electron chi connectivity index (χ0n) is 6.42. The second kappa shape index (κ2) is 5.91. The molecule has 0 amide bonds. The minimum absolute atomic E-state index is 0. The maximum atomic E-state index is 4.96. The molecule has 2 nitrogen and oxygen atoms in total. The van der Waals surface area contributed by atoms with Crippen LogP contribution >= 0.6 is 0 Å². The fraction of sp³-hybridized carbons (Fsp3) is 1.00. The Bertz CT molecular complexity index is 105. The molecule has 0 N–H and O–H groups in total. The molecule has 0 bridgehead atoms. The van der Waals surface area contributed by atoms with E-state index in [-0.39, 0.29) is 27.1 Å². The van der Waals surface area contributed by atoms with E-state index in [0.29, 0.717) is 0 Å². The molecular formula is C6H12AuN2S2-2. The molecule has 0 aromatic rings. The van der Waals surface area contributed by atoms with E-state index in [4.69, 9.17) is 25.3 Å². The van der Waals surface area contributed by atoms with Crippen LogP contribution in [0, 0.1) is 0 Å². The Hall–Kier alpha value is 1.36. The normalized spacial score (nSPS) is 21.8. The summed E-state index contributed by atoms with van der Waals surface area (Å²) in [6.07, 6.45) is 0. The summed E-state index contributed by atoms with van der Waals surface area (Å²) in [5.74, 6) is 0. The van der Waals surface area contributed by atoms with Crippen LogP contribution < -0.4 is 0 Å². The minimum Gasteiger partial charge on any atom is -0.800 e. The molecule has 0 aromatic carbocycles. The molecule has 11 heavy (non-hydrogen) atoms. The van der Waals surface area contributed by atoms with Gasteiger partial charge in [0.2, 0.25) is 0 Å². The molecule has 1 aliphatic rings. The molecular weight excluding hydrogens is 361 g/mol.